The summed E-state index contributed by atoms with van der Waals surface area (Å²) in [7, 11) is 0. The summed E-state index contributed by atoms with van der Waals surface area (Å²) >= 11 is 0. The molecule has 13 atom stereocenters. The number of aliphatic hydroxyl groups is 1. The van der Waals surface area contributed by atoms with Crippen molar-refractivity contribution in [3.63, 3.8) is 0 Å². The smallest absolute Gasteiger partial charge is 0.410 e. The summed E-state index contributed by atoms with van der Waals surface area (Å²) in [5.74, 6) is 0.872. The molecule has 3 saturated heterocycles. The van der Waals surface area contributed by atoms with Crippen molar-refractivity contribution in [2.24, 2.45) is 57.0 Å². The van der Waals surface area contributed by atoms with Gasteiger partial charge in [-0.25, -0.2) is 9.59 Å². The largest absolute Gasteiger partial charge is 0.446 e. The molecule has 8 fully saturated rings. The van der Waals surface area contributed by atoms with Gasteiger partial charge in [-0.3, -0.25) is 4.90 Å². The van der Waals surface area contributed by atoms with Crippen LogP contribution in [-0.2, 0) is 14.2 Å². The minimum Gasteiger partial charge on any atom is -0.446 e. The zero-order chi connectivity index (χ0) is 37.4. The molecule has 5 saturated carbocycles. The molecular formula is C39H61F3N4O6. The quantitative estimate of drug-likeness (QED) is 0.317. The van der Waals surface area contributed by atoms with Gasteiger partial charge in [-0.2, -0.15) is 13.2 Å². The second-order valence-electron chi connectivity index (χ2n) is 19.7. The summed E-state index contributed by atoms with van der Waals surface area (Å²) in [5, 5.41) is 15.3. The van der Waals surface area contributed by atoms with E-state index in [0.29, 0.717) is 5.92 Å². The van der Waals surface area contributed by atoms with E-state index in [0.717, 1.165) is 70.9 Å². The van der Waals surface area contributed by atoms with Crippen LogP contribution in [0.25, 0.3) is 0 Å². The molecule has 4 N–H and O–H groups in total. The van der Waals surface area contributed by atoms with Crippen LogP contribution in [0.4, 0.5) is 22.8 Å². The predicted octanol–water partition coefficient (Wildman–Crippen LogP) is 5.70. The van der Waals surface area contributed by atoms with E-state index in [1.807, 2.05) is 0 Å². The van der Waals surface area contributed by atoms with Crippen molar-refractivity contribution in [2.75, 3.05) is 32.7 Å². The van der Waals surface area contributed by atoms with Gasteiger partial charge in [-0.15, -0.1) is 0 Å². The number of nitrogens with two attached hydrogens (primary N) is 1. The Labute approximate surface area is 306 Å². The molecule has 13 heteroatoms. The summed E-state index contributed by atoms with van der Waals surface area (Å²) in [6, 6.07) is -0.340. The Kier molecular flexibility index (Phi) is 8.62. The molecule has 294 valence electrons. The Balaban J connectivity index is 0.965. The molecule has 5 aliphatic carbocycles. The monoisotopic (exact) mass is 738 g/mol. The van der Waals surface area contributed by atoms with Crippen LogP contribution in [0, 0.1) is 51.2 Å². The molecule has 0 bridgehead atoms. The minimum absolute atomic E-state index is 0.0207. The molecule has 3 heterocycles. The van der Waals surface area contributed by atoms with Crippen molar-refractivity contribution in [3.8, 4) is 0 Å². The lowest BCUT2D eigenvalue weighted by molar-refractivity contribution is -0.180. The fourth-order valence-electron chi connectivity index (χ4n) is 14.1. The molecule has 3 aliphatic heterocycles. The molecule has 3 unspecified atom stereocenters. The highest BCUT2D eigenvalue weighted by molar-refractivity contribution is 5.69. The van der Waals surface area contributed by atoms with E-state index in [1.165, 1.54) is 4.90 Å². The number of alkyl carbamates (subject to hydrolysis) is 1. The van der Waals surface area contributed by atoms with Crippen molar-refractivity contribution in [1.82, 2.24) is 15.1 Å². The van der Waals surface area contributed by atoms with E-state index in [2.05, 4.69) is 46.9 Å². The highest BCUT2D eigenvalue weighted by atomic mass is 19.4. The minimum atomic E-state index is -4.25. The number of likely N-dealkylation sites (tertiary alicyclic amines) is 2. The van der Waals surface area contributed by atoms with E-state index in [-0.39, 0.29) is 82.8 Å². The zero-order valence-electron chi connectivity index (χ0n) is 31.8. The molecule has 0 aromatic rings. The number of aliphatic hydroxyl groups excluding tert-OH is 1. The first-order chi connectivity index (χ1) is 24.3. The summed E-state index contributed by atoms with van der Waals surface area (Å²) in [6.45, 7) is 14.0. The number of nitrogens with one attached hydrogen (secondary N) is 1. The number of carbonyl (C=O) groups excluding carboxylic acids is 2. The van der Waals surface area contributed by atoms with Crippen molar-refractivity contribution >= 4 is 12.2 Å². The molecule has 2 amide bonds. The third kappa shape index (κ3) is 5.23. The fourth-order valence-corrected chi connectivity index (χ4v) is 14.1. The van der Waals surface area contributed by atoms with Crippen LogP contribution in [0.3, 0.4) is 0 Å². The SMILES string of the molecule is CC(C)[C@@H](OC(=O)N1CCC1)[C@@H]1C[C@@H](C)[C@H]2C(O1)[C@H](O)[C@@]1(N)C3CC[C@H]4C(C)(C)[C@@H](OC(=O)NC5CN(CC(F)(F)F)C5)CCC45C[C@@]35CC[C@]21C. The topological polar surface area (TPSA) is 127 Å². The standard InChI is InChI=1S/C39H61F3N4O6/c1-21(2)29(52-33(49)46-14-7-15-46)24-16-22(3)28-30(50-24)31(47)39(43)26-9-8-25-34(4,5)27(10-11-36(25)19-37(26,36)13-12-35(28,39)6)51-32(48)44-23-17-45(18-23)20-38(40,41)42/h21-31,47H,7-20,43H2,1-6H3,(H,44,48)/t22-,24+,25+,26?,27+,28+,29-,30?,31+,35-,36?,37+,39+/m1/s1. The maximum Gasteiger partial charge on any atom is 0.410 e. The average molecular weight is 739 g/mol. The van der Waals surface area contributed by atoms with Gasteiger partial charge in [0.1, 0.15) is 12.2 Å². The van der Waals surface area contributed by atoms with Gasteiger partial charge in [0, 0.05) is 31.6 Å². The van der Waals surface area contributed by atoms with E-state index in [4.69, 9.17) is 19.9 Å². The van der Waals surface area contributed by atoms with Gasteiger partial charge in [0.2, 0.25) is 0 Å². The predicted molar refractivity (Wildman–Crippen MR) is 186 cm³/mol. The number of fused-ring (bicyclic) bond motifs is 4. The van der Waals surface area contributed by atoms with Crippen LogP contribution in [0.15, 0.2) is 0 Å². The molecule has 2 spiro atoms. The molecule has 52 heavy (non-hydrogen) atoms. The van der Waals surface area contributed by atoms with Crippen LogP contribution < -0.4 is 11.1 Å². The highest BCUT2D eigenvalue weighted by Crippen LogP contribution is 2.87. The molecule has 0 radical (unpaired) electrons. The maximum absolute atomic E-state index is 13.0. The van der Waals surface area contributed by atoms with Gasteiger partial charge < -0.3 is 35.3 Å². The Hall–Kier alpha value is -1.83. The first-order valence-corrected chi connectivity index (χ1v) is 20.1. The van der Waals surface area contributed by atoms with Crippen molar-refractivity contribution < 1.29 is 42.1 Å². The summed E-state index contributed by atoms with van der Waals surface area (Å²) in [5.41, 5.74) is 6.46. The third-order valence-electron chi connectivity index (χ3n) is 16.6. The Morgan fingerprint density at radius 3 is 2.35 bits per heavy atom. The molecule has 8 rings (SSSR count). The van der Waals surface area contributed by atoms with Crippen LogP contribution in [0.5, 0.6) is 0 Å². The first-order valence-electron chi connectivity index (χ1n) is 20.1. The van der Waals surface area contributed by atoms with Crippen LogP contribution in [-0.4, -0.2) is 108 Å². The Bertz CT molecular complexity index is 1440. The summed E-state index contributed by atoms with van der Waals surface area (Å²) in [6.07, 6.45) is 0.989. The first kappa shape index (κ1) is 37.1. The number of alkyl halides is 3. The second kappa shape index (κ2) is 12.1. The van der Waals surface area contributed by atoms with Crippen LogP contribution >= 0.6 is 0 Å². The van der Waals surface area contributed by atoms with E-state index < -0.39 is 42.7 Å². The van der Waals surface area contributed by atoms with Crippen molar-refractivity contribution in [1.29, 1.82) is 0 Å². The number of halogens is 3. The highest BCUT2D eigenvalue weighted by Gasteiger charge is 2.85. The number of rotatable bonds is 6. The number of nitrogens with zero attached hydrogens (tertiary/aromatic N) is 2. The molecule has 8 aliphatic rings. The lowest BCUT2D eigenvalue weighted by Crippen LogP contribution is -2.70. The number of hydrogen-bond donors (Lipinski definition) is 3. The summed E-state index contributed by atoms with van der Waals surface area (Å²) < 4.78 is 57.3. The number of ether oxygens (including phenoxy) is 3. The van der Waals surface area contributed by atoms with Gasteiger partial charge in [-0.1, -0.05) is 41.5 Å². The third-order valence-corrected chi connectivity index (χ3v) is 16.6. The molecule has 0 aromatic carbocycles. The molecule has 10 nitrogen and oxygen atoms in total. The Morgan fingerprint density at radius 1 is 1.04 bits per heavy atom. The zero-order valence-corrected chi connectivity index (χ0v) is 31.8. The summed E-state index contributed by atoms with van der Waals surface area (Å²) in [4.78, 5) is 28.9. The maximum atomic E-state index is 13.0. The lowest BCUT2D eigenvalue weighted by atomic mass is 9.43. The number of carbonyl (C=O) groups is 2. The van der Waals surface area contributed by atoms with E-state index >= 15 is 0 Å². The van der Waals surface area contributed by atoms with Crippen molar-refractivity contribution in [2.45, 2.75) is 148 Å². The van der Waals surface area contributed by atoms with E-state index in [1.54, 1.807) is 4.90 Å². The van der Waals surface area contributed by atoms with Gasteiger partial charge in [0.05, 0.1) is 36.4 Å². The fraction of sp³-hybridized carbons (Fsp3) is 0.949. The van der Waals surface area contributed by atoms with Gasteiger partial charge in [0.25, 0.3) is 0 Å². The second-order valence-corrected chi connectivity index (χ2v) is 19.7. The van der Waals surface area contributed by atoms with Crippen LogP contribution in [0.1, 0.15) is 99.3 Å². The number of hydrogen-bond acceptors (Lipinski definition) is 8. The van der Waals surface area contributed by atoms with Crippen LogP contribution in [0.2, 0.25) is 0 Å². The average Bonchev–Trinajstić information content (AvgIpc) is 3.63. The van der Waals surface area contributed by atoms with Gasteiger partial charge in [-0.05, 0) is 104 Å². The van der Waals surface area contributed by atoms with E-state index in [9.17, 15) is 27.9 Å². The van der Waals surface area contributed by atoms with Gasteiger partial charge in [0.15, 0.2) is 0 Å². The van der Waals surface area contributed by atoms with Crippen molar-refractivity contribution in [3.05, 3.63) is 0 Å². The molecule has 0 aromatic heterocycles. The normalized spacial score (nSPS) is 47.0. The lowest BCUT2D eigenvalue weighted by Gasteiger charge is -2.63. The molecular weight excluding hydrogens is 677 g/mol. The number of amides is 2. The Morgan fingerprint density at radius 2 is 1.71 bits per heavy atom. The van der Waals surface area contributed by atoms with Gasteiger partial charge >= 0.3 is 18.4 Å².